The zero-order chi connectivity index (χ0) is 22.0. The van der Waals surface area contributed by atoms with Crippen LogP contribution in [-0.2, 0) is 10.3 Å². The van der Waals surface area contributed by atoms with Gasteiger partial charge in [0.05, 0.1) is 6.04 Å². The van der Waals surface area contributed by atoms with Crippen molar-refractivity contribution in [1.29, 1.82) is 0 Å². The summed E-state index contributed by atoms with van der Waals surface area (Å²) in [4.78, 5) is 15.7. The van der Waals surface area contributed by atoms with E-state index in [1.165, 1.54) is 12.1 Å². The number of halogens is 2. The lowest BCUT2D eigenvalue weighted by atomic mass is 9.91. The summed E-state index contributed by atoms with van der Waals surface area (Å²) in [5.74, 6) is -1.21. The van der Waals surface area contributed by atoms with E-state index in [2.05, 4.69) is 6.58 Å². The van der Waals surface area contributed by atoms with Crippen molar-refractivity contribution in [1.82, 2.24) is 4.90 Å². The third-order valence-electron chi connectivity index (χ3n) is 5.82. The van der Waals surface area contributed by atoms with E-state index < -0.39 is 17.2 Å². The fourth-order valence-electron chi connectivity index (χ4n) is 4.05. The molecular weight excluding hydrogens is 416 g/mol. The summed E-state index contributed by atoms with van der Waals surface area (Å²) in [5.41, 5.74) is 1.24. The highest BCUT2D eigenvalue weighted by molar-refractivity contribution is 7.10. The Morgan fingerprint density at radius 2 is 2.00 bits per heavy atom. The molecule has 1 aliphatic heterocycles. The van der Waals surface area contributed by atoms with Crippen LogP contribution in [0.2, 0.25) is 0 Å². The van der Waals surface area contributed by atoms with Crippen LogP contribution in [0, 0.1) is 11.6 Å². The van der Waals surface area contributed by atoms with Gasteiger partial charge in [0.2, 0.25) is 0 Å². The highest BCUT2D eigenvalue weighted by Gasteiger charge is 2.43. The van der Waals surface area contributed by atoms with Gasteiger partial charge in [-0.25, -0.2) is 13.6 Å². The Hall–Kier alpha value is -2.99. The molecule has 2 unspecified atom stereocenters. The standard InChI is InChI=1S/C25H23F2NO2S/c1-3-12-25(23-5-4-15-31-23)13-14-28(24(29)30-25)17(2)18-6-8-19(9-7-18)21-11-10-20(26)16-22(21)27/h3-11,15-17H,1,12-14H2,2H3. The van der Waals surface area contributed by atoms with Crippen LogP contribution in [0.5, 0.6) is 0 Å². The summed E-state index contributed by atoms with van der Waals surface area (Å²) >= 11 is 1.58. The van der Waals surface area contributed by atoms with E-state index in [1.807, 2.05) is 36.6 Å². The third kappa shape index (κ3) is 4.12. The smallest absolute Gasteiger partial charge is 0.411 e. The third-order valence-corrected chi connectivity index (χ3v) is 6.88. The quantitative estimate of drug-likeness (QED) is 0.385. The molecule has 1 fully saturated rings. The van der Waals surface area contributed by atoms with Crippen LogP contribution in [0.25, 0.3) is 11.1 Å². The molecule has 1 aliphatic rings. The van der Waals surface area contributed by atoms with Gasteiger partial charge in [0.15, 0.2) is 5.60 Å². The van der Waals surface area contributed by atoms with Crippen molar-refractivity contribution in [2.75, 3.05) is 6.54 Å². The number of hydrogen-bond acceptors (Lipinski definition) is 3. The van der Waals surface area contributed by atoms with E-state index in [9.17, 15) is 13.6 Å². The van der Waals surface area contributed by atoms with Gasteiger partial charge < -0.3 is 9.64 Å². The molecule has 0 spiro atoms. The second kappa shape index (κ2) is 8.63. The number of benzene rings is 2. The summed E-state index contributed by atoms with van der Waals surface area (Å²) < 4.78 is 33.2. The van der Waals surface area contributed by atoms with Crippen molar-refractivity contribution in [3.8, 4) is 11.1 Å². The highest BCUT2D eigenvalue weighted by atomic mass is 32.1. The number of hydrogen-bond donors (Lipinski definition) is 0. The van der Waals surface area contributed by atoms with Crippen molar-refractivity contribution < 1.29 is 18.3 Å². The van der Waals surface area contributed by atoms with Gasteiger partial charge in [0, 0.05) is 35.9 Å². The Morgan fingerprint density at radius 3 is 2.61 bits per heavy atom. The molecule has 3 nitrogen and oxygen atoms in total. The van der Waals surface area contributed by atoms with Gasteiger partial charge in [-0.15, -0.1) is 17.9 Å². The molecular formula is C25H23F2NO2S. The lowest BCUT2D eigenvalue weighted by Gasteiger charge is -2.42. The second-order valence-electron chi connectivity index (χ2n) is 7.70. The maximum atomic E-state index is 14.1. The second-order valence-corrected chi connectivity index (χ2v) is 8.65. The minimum absolute atomic E-state index is 0.204. The first-order valence-corrected chi connectivity index (χ1v) is 11.0. The monoisotopic (exact) mass is 439 g/mol. The molecule has 31 heavy (non-hydrogen) atoms. The zero-order valence-electron chi connectivity index (χ0n) is 17.2. The van der Waals surface area contributed by atoms with Crippen molar-refractivity contribution in [3.05, 3.63) is 94.7 Å². The maximum Gasteiger partial charge on any atom is 0.411 e. The van der Waals surface area contributed by atoms with Crippen LogP contribution in [-0.4, -0.2) is 17.5 Å². The molecule has 0 radical (unpaired) electrons. The molecule has 3 aromatic rings. The van der Waals surface area contributed by atoms with E-state index in [1.54, 1.807) is 34.4 Å². The molecule has 1 saturated heterocycles. The van der Waals surface area contributed by atoms with Gasteiger partial charge in [-0.3, -0.25) is 0 Å². The van der Waals surface area contributed by atoms with Crippen molar-refractivity contribution in [2.24, 2.45) is 0 Å². The normalized spacial score (nSPS) is 19.7. The van der Waals surface area contributed by atoms with Crippen molar-refractivity contribution >= 4 is 17.4 Å². The van der Waals surface area contributed by atoms with E-state index in [4.69, 9.17) is 4.74 Å². The first-order valence-electron chi connectivity index (χ1n) is 10.1. The summed E-state index contributed by atoms with van der Waals surface area (Å²) in [6.07, 6.45) is 2.68. The van der Waals surface area contributed by atoms with Crippen LogP contribution >= 0.6 is 11.3 Å². The lowest BCUT2D eigenvalue weighted by molar-refractivity contribution is -0.0567. The van der Waals surface area contributed by atoms with Crippen LogP contribution in [0.3, 0.4) is 0 Å². The van der Waals surface area contributed by atoms with Gasteiger partial charge >= 0.3 is 6.09 Å². The molecule has 2 heterocycles. The fraction of sp³-hybridized carbons (Fsp3) is 0.240. The average molecular weight is 440 g/mol. The molecule has 0 aliphatic carbocycles. The largest absolute Gasteiger partial charge is 0.437 e. The van der Waals surface area contributed by atoms with Crippen molar-refractivity contribution in [3.63, 3.8) is 0 Å². The number of nitrogens with zero attached hydrogens (tertiary/aromatic N) is 1. The predicted molar refractivity (Wildman–Crippen MR) is 119 cm³/mol. The van der Waals surface area contributed by atoms with E-state index in [0.29, 0.717) is 30.5 Å². The Bertz CT molecular complexity index is 1080. The average Bonchev–Trinajstić information content (AvgIpc) is 3.30. The fourth-order valence-corrected chi connectivity index (χ4v) is 4.96. The molecule has 2 aromatic carbocycles. The molecule has 160 valence electrons. The summed E-state index contributed by atoms with van der Waals surface area (Å²) in [6.45, 7) is 6.33. The molecule has 0 N–H and O–H groups in total. The number of cyclic esters (lactones) is 1. The first kappa shape index (κ1) is 21.2. The predicted octanol–water partition coefficient (Wildman–Crippen LogP) is 7.07. The highest BCUT2D eigenvalue weighted by Crippen LogP contribution is 2.41. The molecule has 1 amide bonds. The number of carbonyl (C=O) groups is 1. The van der Waals surface area contributed by atoms with Gasteiger partial charge in [-0.05, 0) is 41.6 Å². The first-order chi connectivity index (χ1) is 14.9. The molecule has 0 bridgehead atoms. The Kier molecular flexibility index (Phi) is 5.92. The van der Waals surface area contributed by atoms with Crippen LogP contribution < -0.4 is 0 Å². The SMILES string of the molecule is C=CCC1(c2cccs2)CCN(C(C)c2ccc(-c3ccc(F)cc3F)cc2)C(=O)O1. The Balaban J connectivity index is 1.52. The molecule has 0 saturated carbocycles. The number of carbonyl (C=O) groups excluding carboxylic acids is 1. The Morgan fingerprint density at radius 1 is 1.23 bits per heavy atom. The molecule has 1 aromatic heterocycles. The number of thiophene rings is 1. The van der Waals surface area contributed by atoms with Crippen LogP contribution in [0.4, 0.5) is 13.6 Å². The summed E-state index contributed by atoms with van der Waals surface area (Å²) in [7, 11) is 0. The zero-order valence-corrected chi connectivity index (χ0v) is 18.0. The number of rotatable bonds is 6. The summed E-state index contributed by atoms with van der Waals surface area (Å²) in [6, 6.07) is 14.6. The topological polar surface area (TPSA) is 29.5 Å². The van der Waals surface area contributed by atoms with Gasteiger partial charge in [-0.2, -0.15) is 0 Å². The van der Waals surface area contributed by atoms with Gasteiger partial charge in [-0.1, -0.05) is 36.4 Å². The van der Waals surface area contributed by atoms with Crippen LogP contribution in [0.1, 0.15) is 36.2 Å². The minimum Gasteiger partial charge on any atom is -0.437 e. The molecule has 4 rings (SSSR count). The minimum atomic E-state index is -0.660. The van der Waals surface area contributed by atoms with E-state index in [-0.39, 0.29) is 12.1 Å². The number of ether oxygens (including phenoxy) is 1. The number of amides is 1. The van der Waals surface area contributed by atoms with E-state index >= 15 is 0 Å². The van der Waals surface area contributed by atoms with Gasteiger partial charge in [0.25, 0.3) is 0 Å². The van der Waals surface area contributed by atoms with E-state index in [0.717, 1.165) is 16.5 Å². The van der Waals surface area contributed by atoms with Crippen LogP contribution in [0.15, 0.2) is 72.6 Å². The lowest BCUT2D eigenvalue weighted by Crippen LogP contribution is -2.48. The van der Waals surface area contributed by atoms with Crippen molar-refractivity contribution in [2.45, 2.75) is 31.4 Å². The summed E-state index contributed by atoms with van der Waals surface area (Å²) in [5, 5.41) is 1.98. The molecule has 6 heteroatoms. The molecule has 2 atom stereocenters. The Labute approximate surface area is 184 Å². The maximum absolute atomic E-state index is 14.1. The van der Waals surface area contributed by atoms with Gasteiger partial charge in [0.1, 0.15) is 11.6 Å².